The molecule has 13 rings (SSSR count). The monoisotopic (exact) mass is 2380 g/mol. The van der Waals surface area contributed by atoms with Gasteiger partial charge in [-0.1, -0.05) is 138 Å². The number of carbonyl (C=O) groups is 6. The third-order valence-corrected chi connectivity index (χ3v) is 25.0. The second kappa shape index (κ2) is 57.9. The lowest BCUT2D eigenvalue weighted by Crippen LogP contribution is -2.49. The molecule has 33 nitrogen and oxygen atoms in total. The van der Waals surface area contributed by atoms with Crippen LogP contribution in [0.4, 0.5) is 40.2 Å². The largest absolute Gasteiger partial charge is 0.508 e. The van der Waals surface area contributed by atoms with Gasteiger partial charge in [-0.05, 0) is 258 Å². The Kier molecular flexibility index (Phi) is 48.9. The summed E-state index contributed by atoms with van der Waals surface area (Å²) in [6.45, 7) is 48.9. The predicted molar refractivity (Wildman–Crippen MR) is 586 cm³/mol. The molecule has 6 aromatic carbocycles. The number of aldehydes is 6. The molecule has 0 amide bonds. The highest BCUT2D eigenvalue weighted by Crippen LogP contribution is 2.39. The normalized spacial score (nSPS) is 11.6. The maximum Gasteiger partial charge on any atom is 0.388 e. The first-order valence-electron chi connectivity index (χ1n) is 42.6. The van der Waals surface area contributed by atoms with Crippen molar-refractivity contribution in [2.24, 2.45) is 0 Å². The van der Waals surface area contributed by atoms with Gasteiger partial charge in [-0.3, -0.25) is 28.8 Å². The molecule has 1 aliphatic rings. The van der Waals surface area contributed by atoms with Crippen molar-refractivity contribution in [3.05, 3.63) is 315 Å². The first kappa shape index (κ1) is 124. The highest BCUT2D eigenvalue weighted by molar-refractivity contribution is 9.11. The second-order valence-corrected chi connectivity index (χ2v) is 39.5. The van der Waals surface area contributed by atoms with E-state index in [9.17, 15) is 33.9 Å². The highest BCUT2D eigenvalue weighted by atomic mass is 79.9. The Morgan fingerprint density at radius 3 is 1.04 bits per heavy atom. The summed E-state index contributed by atoms with van der Waals surface area (Å²) < 4.78 is 47.8. The summed E-state index contributed by atoms with van der Waals surface area (Å²) in [6, 6.07) is 52.5. The summed E-state index contributed by atoms with van der Waals surface area (Å²) in [5.41, 5.74) is 0.839. The quantitative estimate of drug-likeness (QED) is 0.0189. The third-order valence-electron chi connectivity index (χ3n) is 20.4. The van der Waals surface area contributed by atoms with Crippen LogP contribution in [0.3, 0.4) is 0 Å². The summed E-state index contributed by atoms with van der Waals surface area (Å²) in [6.07, 6.45) is 4.29. The van der Waals surface area contributed by atoms with Crippen molar-refractivity contribution in [2.45, 2.75) is 117 Å². The van der Waals surface area contributed by atoms with Crippen LogP contribution >= 0.6 is 126 Å². The Bertz CT molecular complexity index is 6940. The lowest BCUT2D eigenvalue weighted by molar-refractivity contribution is -0.107. The summed E-state index contributed by atoms with van der Waals surface area (Å²) in [5.74, 6) is 5.32. The zero-order valence-electron chi connectivity index (χ0n) is 82.1. The SMILES string of the molecule is CC(C)(O)C(C)(C)O.CN(C)c1ccc(C#N)c(Oc2ccc(Br)c(C=O)c2)n1.N#Cc1ccc(Cl)nc1Oc1ccc(Br)c(C=O)c1.O=Cc1cc(O)ccc1Br.[B]B1OC(C)(C)C(C)(C)O1.[C-]#[N+]c1ccc(Cl)nc1Cl.[C-]#[N+]c1ccc(Oc2ccc(Br)c(C=O)c2)nc1Cl.[C-]#[N+]c1ccc(Oc2ccc(Br)c(C=O)c2)nc1N(C)C.[C-]#[N+]c1ccc(Oc2ccc([B]OC(C)(C)C(C)(C)O)c(C=O)c2)nc1N(C)C. The highest BCUT2D eigenvalue weighted by Gasteiger charge is 2.48. The number of aliphatic hydroxyl groups is 3. The van der Waals surface area contributed by atoms with E-state index in [1.165, 1.54) is 49.9 Å². The molecule has 3 radical (unpaired) electrons. The number of benzene rings is 6. The number of rotatable bonds is 24. The molecule has 4 N–H and O–H groups in total. The molecule has 1 saturated heterocycles. The molecule has 147 heavy (non-hydrogen) atoms. The van der Waals surface area contributed by atoms with Crippen LogP contribution in [0.5, 0.6) is 63.9 Å². The lowest BCUT2D eigenvalue weighted by Gasteiger charge is -2.37. The fourth-order valence-electron chi connectivity index (χ4n) is 10.2. The number of hydrogen-bond acceptors (Lipinski definition) is 29. The molecule has 12 aromatic rings. The lowest BCUT2D eigenvalue weighted by atomic mass is 9.63. The van der Waals surface area contributed by atoms with E-state index in [2.05, 4.69) is 129 Å². The van der Waals surface area contributed by atoms with Gasteiger partial charge >= 0.3 is 14.5 Å². The maximum absolute atomic E-state index is 11.5. The molecule has 1 fully saturated rings. The van der Waals surface area contributed by atoms with Gasteiger partial charge in [0.15, 0.2) is 31.4 Å². The fourth-order valence-corrected chi connectivity index (χ4v) is 12.7. The van der Waals surface area contributed by atoms with Crippen LogP contribution in [0.25, 0.3) is 19.4 Å². The first-order valence-corrected chi connectivity index (χ1v) is 48.1. The number of phenolic OH excluding ortho intramolecular Hbond substituents is 1. The Balaban J connectivity index is 0.000000298. The Morgan fingerprint density at radius 1 is 0.408 bits per heavy atom. The second-order valence-electron chi connectivity index (χ2n) is 33.7. The fraction of sp³-hybridized carbons (Fsp3) is 0.235. The van der Waals surface area contributed by atoms with E-state index in [0.717, 1.165) is 18.9 Å². The third kappa shape index (κ3) is 38.9. The van der Waals surface area contributed by atoms with Gasteiger partial charge in [0.2, 0.25) is 52.1 Å². The van der Waals surface area contributed by atoms with Crippen LogP contribution in [-0.4, -0.2) is 186 Å². The van der Waals surface area contributed by atoms with Crippen molar-refractivity contribution >= 4 is 232 Å². The van der Waals surface area contributed by atoms with Gasteiger partial charge in [0.1, 0.15) is 110 Å². The molecule has 45 heteroatoms. The van der Waals surface area contributed by atoms with E-state index in [1.54, 1.807) is 219 Å². The van der Waals surface area contributed by atoms with Gasteiger partial charge < -0.3 is 72.8 Å². The molecule has 0 aliphatic carbocycles. The van der Waals surface area contributed by atoms with Crippen molar-refractivity contribution in [2.75, 3.05) is 57.0 Å². The minimum absolute atomic E-state index is 0.0835. The Morgan fingerprint density at radius 2 is 0.721 bits per heavy atom. The van der Waals surface area contributed by atoms with Crippen molar-refractivity contribution < 1.29 is 86.8 Å². The molecule has 7 heterocycles. The van der Waals surface area contributed by atoms with E-state index in [0.29, 0.717) is 166 Å². The van der Waals surface area contributed by atoms with Crippen LogP contribution in [0, 0.1) is 49.0 Å². The molecule has 0 unspecified atom stereocenters. The van der Waals surface area contributed by atoms with E-state index in [1.807, 2.05) is 72.9 Å². The van der Waals surface area contributed by atoms with Crippen LogP contribution in [-0.2, 0) is 14.0 Å². The number of hydrogen-bond donors (Lipinski definition) is 4. The minimum Gasteiger partial charge on any atom is -0.508 e. The average molecular weight is 2390 g/mol. The number of anilines is 3. The number of phenols is 1. The van der Waals surface area contributed by atoms with E-state index in [4.69, 9.17) is 144 Å². The average Bonchev–Trinajstić information content (AvgIpc) is 1.65. The molecule has 0 bridgehead atoms. The molecule has 6 aromatic heterocycles. The molecule has 0 spiro atoms. The number of nitrogens with zero attached hydrogens (tertiary/aromatic N) is 15. The van der Waals surface area contributed by atoms with Crippen molar-refractivity contribution in [3.63, 3.8) is 0 Å². The van der Waals surface area contributed by atoms with Crippen LogP contribution in [0.2, 0.25) is 20.6 Å². The number of halogens is 9. The van der Waals surface area contributed by atoms with Crippen molar-refractivity contribution in [3.8, 4) is 76.0 Å². The van der Waals surface area contributed by atoms with Crippen molar-refractivity contribution in [1.82, 2.24) is 29.9 Å². The minimum atomic E-state index is -1.07. The number of aromatic hydroxyl groups is 1. The van der Waals surface area contributed by atoms with Crippen LogP contribution in [0.1, 0.15) is 156 Å². The van der Waals surface area contributed by atoms with Gasteiger partial charge in [0.05, 0.1) is 59.9 Å². The molecular weight excluding hydrogens is 2300 g/mol. The molecule has 0 saturated carbocycles. The first-order chi connectivity index (χ1) is 68.9. The van der Waals surface area contributed by atoms with Gasteiger partial charge in [-0.25, -0.2) is 44.3 Å². The standard InChI is InChI=1S/C21H25BN3O4.2C15H12BrN3O2.2C13H6BrClN2O2.C7H5BrO2.C6H12B2O2.C6H2Cl2N2.C6H14O2/c1-20(2,27)21(3,4)29-22-16-9-8-15(12-14(16)13-26)28-18-11-10-17(23-5)19(24-18)25(6)7;1-17-13-6-7-14(18-15(13)19(2)3)21-11-4-5-12(16)10(8-11)9-20;1-19(2)14-6-3-10(8-17)15(18-14)21-12-4-5-13(16)11(7-12)9-20;1-16-11-4-5-12(17-13(11)15)19-9-2-3-10(14)8(6-9)7-18;14-11-3-2-10(5-9(11)7-18)19-13-8(6-16)1-4-12(15)17-13;8-7-2-1-6(10)3-5(7)4-9;1-5(2)6(3,4)10-8(7)9-5;1-9-4-2-3-5(7)10-6(4)8;1-5(2,7)6(3,4)8/h8-13,27H,1-4,6-7H3;4-9H,2-3H3;3-7,9H,1-2H3;2-7H;1-5,7H;1-4,10H;1-4H3;2-3H;7-8H,1-4H3. The Hall–Kier alpha value is -13.1. The predicted octanol–water partition coefficient (Wildman–Crippen LogP) is 25.4. The summed E-state index contributed by atoms with van der Waals surface area (Å²) in [4.78, 5) is 108. The molecule has 0 atom stereocenters. The van der Waals surface area contributed by atoms with Gasteiger partial charge in [-0.15, -0.1) is 0 Å². The van der Waals surface area contributed by atoms with Gasteiger partial charge in [0.25, 0.3) is 0 Å². The van der Waals surface area contributed by atoms with Crippen LogP contribution < -0.4 is 43.8 Å². The zero-order chi connectivity index (χ0) is 110. The number of carbonyl (C=O) groups excluding carboxylic acids is 6. The Labute approximate surface area is 916 Å². The van der Waals surface area contributed by atoms with Crippen molar-refractivity contribution in [1.29, 1.82) is 10.5 Å². The number of aromatic nitrogens is 6. The topological polar surface area (TPSA) is 409 Å². The van der Waals surface area contributed by atoms with E-state index < -0.39 is 29.4 Å². The molecular formula is C102H94B3Br5Cl4N15O18. The zero-order valence-corrected chi connectivity index (χ0v) is 93.1. The van der Waals surface area contributed by atoms with E-state index in [-0.39, 0.29) is 61.3 Å². The van der Waals surface area contributed by atoms with Gasteiger partial charge in [0, 0.05) is 98.0 Å². The summed E-state index contributed by atoms with van der Waals surface area (Å²) in [7, 11) is 17.2. The summed E-state index contributed by atoms with van der Waals surface area (Å²) in [5, 5.41) is 56.1. The summed E-state index contributed by atoms with van der Waals surface area (Å²) >= 11 is 38.8. The van der Waals surface area contributed by atoms with Crippen LogP contribution in [0.15, 0.2) is 204 Å². The molecule has 1 aliphatic heterocycles. The smallest absolute Gasteiger partial charge is 0.388 e. The van der Waals surface area contributed by atoms with Gasteiger partial charge in [-0.2, -0.15) is 15.5 Å². The number of pyridine rings is 6. The molecule has 757 valence electrons. The van der Waals surface area contributed by atoms with E-state index >= 15 is 0 Å². The maximum atomic E-state index is 11.5. The number of ether oxygens (including phenoxy) is 5. The number of nitriles is 2.